The number of phenolic OH excluding ortho intramolecular Hbond substituents is 2. The molecule has 2 aromatic carbocycles. The Hall–Kier alpha value is -4.20. The number of aromatic hydroxyl groups is 2. The summed E-state index contributed by atoms with van der Waals surface area (Å²) in [6.07, 6.45) is 3.20. The van der Waals surface area contributed by atoms with Gasteiger partial charge >= 0.3 is 0 Å². The maximum Gasteiger partial charge on any atom is 0.254 e. The van der Waals surface area contributed by atoms with Crippen LogP contribution in [0, 0.1) is 0 Å². The standard InChI is InChI=1S/2C11H9NO3/c2*13-9-4-2-1-3-7(9)5-8-6-10(14)12-11(8)15/h2*1-5,13H,6H2,(H,12,14,15)/b2*8-5+. The van der Waals surface area contributed by atoms with Crippen LogP contribution in [0.2, 0.25) is 0 Å². The lowest BCUT2D eigenvalue weighted by Crippen LogP contribution is -2.19. The number of amides is 4. The monoisotopic (exact) mass is 406 g/mol. The van der Waals surface area contributed by atoms with Gasteiger partial charge in [0, 0.05) is 22.3 Å². The Bertz CT molecular complexity index is 1010. The second-order valence-corrected chi connectivity index (χ2v) is 6.56. The zero-order chi connectivity index (χ0) is 21.7. The molecule has 4 N–H and O–H groups in total. The molecule has 0 aromatic heterocycles. The highest BCUT2D eigenvalue weighted by atomic mass is 16.3. The van der Waals surface area contributed by atoms with Crippen LogP contribution in [0.4, 0.5) is 0 Å². The van der Waals surface area contributed by atoms with E-state index in [4.69, 9.17) is 0 Å². The van der Waals surface area contributed by atoms with Crippen molar-refractivity contribution in [3.8, 4) is 11.5 Å². The van der Waals surface area contributed by atoms with Crippen molar-refractivity contribution in [3.63, 3.8) is 0 Å². The van der Waals surface area contributed by atoms with Gasteiger partial charge in [0.2, 0.25) is 11.8 Å². The first-order valence-electron chi connectivity index (χ1n) is 8.99. The van der Waals surface area contributed by atoms with Crippen LogP contribution in [-0.2, 0) is 19.2 Å². The number of phenols is 2. The van der Waals surface area contributed by atoms with Gasteiger partial charge in [-0.1, -0.05) is 36.4 Å². The second kappa shape index (κ2) is 8.87. The molecule has 2 saturated heterocycles. The summed E-state index contributed by atoms with van der Waals surface area (Å²) in [5.41, 5.74) is 1.83. The molecule has 8 nitrogen and oxygen atoms in total. The van der Waals surface area contributed by atoms with Crippen LogP contribution in [0.5, 0.6) is 11.5 Å². The van der Waals surface area contributed by atoms with E-state index < -0.39 is 0 Å². The molecule has 0 unspecified atom stereocenters. The van der Waals surface area contributed by atoms with Crippen LogP contribution in [0.1, 0.15) is 24.0 Å². The molecule has 2 aliphatic heterocycles. The van der Waals surface area contributed by atoms with Crippen LogP contribution >= 0.6 is 0 Å². The topological polar surface area (TPSA) is 133 Å². The van der Waals surface area contributed by atoms with E-state index in [-0.39, 0.29) is 48.0 Å². The largest absolute Gasteiger partial charge is 0.507 e. The summed E-state index contributed by atoms with van der Waals surface area (Å²) in [7, 11) is 0. The van der Waals surface area contributed by atoms with E-state index in [1.807, 2.05) is 0 Å². The number of nitrogens with one attached hydrogen (secondary N) is 2. The lowest BCUT2D eigenvalue weighted by Gasteiger charge is -1.98. The molecule has 2 aromatic rings. The Morgan fingerprint density at radius 3 is 1.30 bits per heavy atom. The molecular formula is C22H18N2O6. The van der Waals surface area contributed by atoms with Gasteiger partial charge in [-0.05, 0) is 24.3 Å². The van der Waals surface area contributed by atoms with Crippen LogP contribution in [0.15, 0.2) is 59.7 Å². The van der Waals surface area contributed by atoms with Crippen molar-refractivity contribution in [2.45, 2.75) is 12.8 Å². The third-order valence-electron chi connectivity index (χ3n) is 4.32. The van der Waals surface area contributed by atoms with Gasteiger partial charge in [0.25, 0.3) is 11.8 Å². The van der Waals surface area contributed by atoms with Crippen molar-refractivity contribution in [1.82, 2.24) is 10.6 Å². The smallest absolute Gasteiger partial charge is 0.254 e. The molecule has 30 heavy (non-hydrogen) atoms. The summed E-state index contributed by atoms with van der Waals surface area (Å²) < 4.78 is 0. The van der Waals surface area contributed by atoms with Crippen LogP contribution < -0.4 is 10.6 Å². The van der Waals surface area contributed by atoms with E-state index >= 15 is 0 Å². The van der Waals surface area contributed by atoms with Crippen molar-refractivity contribution in [1.29, 1.82) is 0 Å². The zero-order valence-corrected chi connectivity index (χ0v) is 15.7. The molecule has 0 radical (unpaired) electrons. The molecule has 2 heterocycles. The molecule has 0 spiro atoms. The van der Waals surface area contributed by atoms with E-state index in [1.165, 1.54) is 24.3 Å². The van der Waals surface area contributed by atoms with Crippen LogP contribution in [-0.4, -0.2) is 33.8 Å². The lowest BCUT2D eigenvalue weighted by atomic mass is 10.1. The van der Waals surface area contributed by atoms with Gasteiger partial charge in [-0.3, -0.25) is 29.8 Å². The summed E-state index contributed by atoms with van der Waals surface area (Å²) in [5.74, 6) is -1.19. The van der Waals surface area contributed by atoms with Gasteiger partial charge < -0.3 is 10.2 Å². The lowest BCUT2D eigenvalue weighted by molar-refractivity contribution is -0.125. The Balaban J connectivity index is 0.000000171. The predicted octanol–water partition coefficient (Wildman–Crippen LogP) is 1.64. The molecule has 0 aliphatic carbocycles. The van der Waals surface area contributed by atoms with Gasteiger partial charge in [0.1, 0.15) is 11.5 Å². The van der Waals surface area contributed by atoms with Crippen molar-refractivity contribution in [3.05, 3.63) is 70.8 Å². The van der Waals surface area contributed by atoms with Crippen molar-refractivity contribution >= 4 is 35.8 Å². The van der Waals surface area contributed by atoms with Crippen LogP contribution in [0.25, 0.3) is 12.2 Å². The molecule has 152 valence electrons. The summed E-state index contributed by atoms with van der Waals surface area (Å²) in [6, 6.07) is 13.3. The Morgan fingerprint density at radius 1 is 0.633 bits per heavy atom. The Kier molecular flexibility index (Phi) is 6.07. The molecule has 4 rings (SSSR count). The average molecular weight is 406 g/mol. The normalized spacial score (nSPS) is 18.3. The van der Waals surface area contributed by atoms with Crippen LogP contribution in [0.3, 0.4) is 0 Å². The van der Waals surface area contributed by atoms with E-state index in [2.05, 4.69) is 10.6 Å². The number of hydrogen-bond donors (Lipinski definition) is 4. The maximum atomic E-state index is 11.2. The minimum atomic E-state index is -0.386. The number of para-hydroxylation sites is 2. The van der Waals surface area contributed by atoms with E-state index in [0.717, 1.165) is 0 Å². The SMILES string of the molecule is O=C1C/C(=C\c2ccccc2O)C(=O)N1.O=C1C/C(=C\c2ccccc2O)C(=O)N1. The van der Waals surface area contributed by atoms with Crippen molar-refractivity contribution < 1.29 is 29.4 Å². The summed E-state index contributed by atoms with van der Waals surface area (Å²) in [5, 5.41) is 23.3. The highest BCUT2D eigenvalue weighted by molar-refractivity contribution is 6.16. The first kappa shape index (κ1) is 20.5. The highest BCUT2D eigenvalue weighted by Crippen LogP contribution is 2.22. The minimum Gasteiger partial charge on any atom is -0.507 e. The van der Waals surface area contributed by atoms with Gasteiger partial charge in [0.05, 0.1) is 12.8 Å². The fourth-order valence-corrected chi connectivity index (χ4v) is 2.84. The number of benzene rings is 2. The fraction of sp³-hybridized carbons (Fsp3) is 0.0909. The predicted molar refractivity (Wildman–Crippen MR) is 108 cm³/mol. The third kappa shape index (κ3) is 4.99. The molecule has 4 amide bonds. The Morgan fingerprint density at radius 2 is 1.00 bits per heavy atom. The van der Waals surface area contributed by atoms with Gasteiger partial charge in [-0.25, -0.2) is 0 Å². The third-order valence-corrected chi connectivity index (χ3v) is 4.32. The Labute approximate surface area is 171 Å². The molecule has 0 bridgehead atoms. The number of carbonyl (C=O) groups is 4. The van der Waals surface area contributed by atoms with Gasteiger partial charge in [-0.2, -0.15) is 0 Å². The van der Waals surface area contributed by atoms with Gasteiger partial charge in [0.15, 0.2) is 0 Å². The van der Waals surface area contributed by atoms with Crippen molar-refractivity contribution in [2.75, 3.05) is 0 Å². The maximum absolute atomic E-state index is 11.2. The van der Waals surface area contributed by atoms with E-state index in [1.54, 1.807) is 36.4 Å². The summed E-state index contributed by atoms with van der Waals surface area (Å²) in [4.78, 5) is 44.2. The second-order valence-electron chi connectivity index (χ2n) is 6.56. The first-order chi connectivity index (χ1) is 14.3. The van der Waals surface area contributed by atoms with E-state index in [9.17, 15) is 29.4 Å². The van der Waals surface area contributed by atoms with E-state index in [0.29, 0.717) is 22.3 Å². The molecule has 8 heteroatoms. The number of carbonyl (C=O) groups excluding carboxylic acids is 4. The highest BCUT2D eigenvalue weighted by Gasteiger charge is 2.24. The van der Waals surface area contributed by atoms with Crippen molar-refractivity contribution in [2.24, 2.45) is 0 Å². The summed E-state index contributed by atoms with van der Waals surface area (Å²) in [6.45, 7) is 0. The number of imide groups is 2. The molecule has 2 fully saturated rings. The minimum absolute atomic E-state index is 0.0766. The zero-order valence-electron chi connectivity index (χ0n) is 15.7. The molecule has 2 aliphatic rings. The number of rotatable bonds is 2. The van der Waals surface area contributed by atoms with Gasteiger partial charge in [-0.15, -0.1) is 0 Å². The quantitative estimate of drug-likeness (QED) is 0.443. The molecule has 0 saturated carbocycles. The first-order valence-corrected chi connectivity index (χ1v) is 8.99. The molecule has 0 atom stereocenters. The average Bonchev–Trinajstić information content (AvgIpc) is 3.19. The summed E-state index contributed by atoms with van der Waals surface area (Å²) >= 11 is 0. The fourth-order valence-electron chi connectivity index (χ4n) is 2.84. The number of hydrogen-bond acceptors (Lipinski definition) is 6. The molecular weight excluding hydrogens is 388 g/mol.